The van der Waals surface area contributed by atoms with Crippen molar-refractivity contribution in [3.8, 4) is 5.75 Å². The lowest BCUT2D eigenvalue weighted by Gasteiger charge is -2.27. The van der Waals surface area contributed by atoms with Gasteiger partial charge >= 0.3 is 0 Å². The Morgan fingerprint density at radius 3 is 2.44 bits per heavy atom. The van der Waals surface area contributed by atoms with E-state index in [1.807, 2.05) is 26.0 Å². The van der Waals surface area contributed by atoms with Crippen molar-refractivity contribution in [2.24, 2.45) is 7.05 Å². The van der Waals surface area contributed by atoms with Crippen LogP contribution in [0.5, 0.6) is 5.75 Å². The standard InChI is InChI=1S/C21H24N2O3S/c1-15(2)26-16-8-10-17(11-9-16)27(24,25)23-13-12-21-19(14-23)18-6-4-5-7-20(18)22(21)3/h4-11,15H,12-14H2,1-3H3. The first-order chi connectivity index (χ1) is 12.9. The van der Waals surface area contributed by atoms with Gasteiger partial charge in [-0.15, -0.1) is 0 Å². The molecule has 1 aliphatic rings. The van der Waals surface area contributed by atoms with Crippen LogP contribution in [0.15, 0.2) is 53.4 Å². The highest BCUT2D eigenvalue weighted by Gasteiger charge is 2.31. The number of hydrogen-bond acceptors (Lipinski definition) is 3. The quantitative estimate of drug-likeness (QED) is 0.689. The van der Waals surface area contributed by atoms with Crippen LogP contribution in [0, 0.1) is 0 Å². The van der Waals surface area contributed by atoms with Gasteiger partial charge in [-0.05, 0) is 49.7 Å². The molecule has 2 heterocycles. The van der Waals surface area contributed by atoms with Crippen molar-refractivity contribution in [1.29, 1.82) is 0 Å². The van der Waals surface area contributed by atoms with Crippen LogP contribution in [-0.4, -0.2) is 29.9 Å². The molecule has 4 rings (SSSR count). The molecule has 0 saturated heterocycles. The SMILES string of the molecule is CC(C)Oc1ccc(S(=O)(=O)N2CCc3c(c4ccccc4n3C)C2)cc1. The molecule has 0 radical (unpaired) electrons. The maximum absolute atomic E-state index is 13.2. The van der Waals surface area contributed by atoms with Gasteiger partial charge in [0.1, 0.15) is 5.75 Å². The maximum Gasteiger partial charge on any atom is 0.243 e. The number of aryl methyl sites for hydroxylation is 1. The number of hydrogen-bond donors (Lipinski definition) is 0. The number of ether oxygens (including phenoxy) is 1. The Bertz CT molecular complexity index is 1080. The lowest BCUT2D eigenvalue weighted by atomic mass is 10.1. The minimum Gasteiger partial charge on any atom is -0.491 e. The first kappa shape index (κ1) is 18.1. The van der Waals surface area contributed by atoms with Crippen LogP contribution in [0.1, 0.15) is 25.1 Å². The molecule has 27 heavy (non-hydrogen) atoms. The summed E-state index contributed by atoms with van der Waals surface area (Å²) in [6.45, 7) is 4.79. The van der Waals surface area contributed by atoms with Crippen LogP contribution in [-0.2, 0) is 30.0 Å². The molecular formula is C21H24N2O3S. The van der Waals surface area contributed by atoms with Gasteiger partial charge in [0.25, 0.3) is 0 Å². The average molecular weight is 385 g/mol. The van der Waals surface area contributed by atoms with E-state index in [0.29, 0.717) is 30.2 Å². The van der Waals surface area contributed by atoms with E-state index in [4.69, 9.17) is 4.74 Å². The highest BCUT2D eigenvalue weighted by molar-refractivity contribution is 7.89. The van der Waals surface area contributed by atoms with Gasteiger partial charge in [0.15, 0.2) is 0 Å². The number of benzene rings is 2. The Kier molecular flexibility index (Phi) is 4.48. The van der Waals surface area contributed by atoms with Gasteiger partial charge in [0, 0.05) is 43.2 Å². The number of nitrogens with zero attached hydrogens (tertiary/aromatic N) is 2. The molecule has 2 aromatic carbocycles. The van der Waals surface area contributed by atoms with E-state index in [1.54, 1.807) is 28.6 Å². The summed E-state index contributed by atoms with van der Waals surface area (Å²) in [5.41, 5.74) is 3.49. The predicted octanol–water partition coefficient (Wildman–Crippen LogP) is 3.71. The Labute approximate surface area is 160 Å². The Balaban J connectivity index is 1.66. The van der Waals surface area contributed by atoms with Crippen molar-refractivity contribution in [3.63, 3.8) is 0 Å². The van der Waals surface area contributed by atoms with Crippen molar-refractivity contribution < 1.29 is 13.2 Å². The largest absolute Gasteiger partial charge is 0.491 e. The minimum atomic E-state index is -3.54. The molecule has 0 bridgehead atoms. The molecule has 1 aromatic heterocycles. The fourth-order valence-electron chi connectivity index (χ4n) is 3.82. The Morgan fingerprint density at radius 2 is 1.74 bits per heavy atom. The van der Waals surface area contributed by atoms with Crippen molar-refractivity contribution in [2.45, 2.75) is 37.8 Å². The van der Waals surface area contributed by atoms with E-state index in [1.165, 1.54) is 5.69 Å². The zero-order valence-corrected chi connectivity index (χ0v) is 16.7. The smallest absolute Gasteiger partial charge is 0.243 e. The van der Waals surface area contributed by atoms with Crippen LogP contribution >= 0.6 is 0 Å². The number of aromatic nitrogens is 1. The van der Waals surface area contributed by atoms with E-state index in [9.17, 15) is 8.42 Å². The van der Waals surface area contributed by atoms with Gasteiger partial charge in [-0.25, -0.2) is 8.42 Å². The van der Waals surface area contributed by atoms with Crippen molar-refractivity contribution in [1.82, 2.24) is 8.87 Å². The van der Waals surface area contributed by atoms with Crippen LogP contribution in [0.3, 0.4) is 0 Å². The van der Waals surface area contributed by atoms with Gasteiger partial charge in [-0.1, -0.05) is 18.2 Å². The molecular weight excluding hydrogens is 360 g/mol. The minimum absolute atomic E-state index is 0.0549. The predicted molar refractivity (Wildman–Crippen MR) is 106 cm³/mol. The average Bonchev–Trinajstić information content (AvgIpc) is 2.94. The molecule has 1 aliphatic heterocycles. The first-order valence-corrected chi connectivity index (χ1v) is 10.6. The summed E-state index contributed by atoms with van der Waals surface area (Å²) < 4.78 is 35.7. The molecule has 0 N–H and O–H groups in total. The summed E-state index contributed by atoms with van der Waals surface area (Å²) in [4.78, 5) is 0.308. The molecule has 0 aliphatic carbocycles. The maximum atomic E-state index is 13.2. The highest BCUT2D eigenvalue weighted by atomic mass is 32.2. The molecule has 0 amide bonds. The van der Waals surface area contributed by atoms with E-state index in [2.05, 4.69) is 23.7 Å². The van der Waals surface area contributed by atoms with Crippen LogP contribution in [0.25, 0.3) is 10.9 Å². The van der Waals surface area contributed by atoms with Crippen molar-refractivity contribution >= 4 is 20.9 Å². The van der Waals surface area contributed by atoms with Crippen LogP contribution in [0.4, 0.5) is 0 Å². The highest BCUT2D eigenvalue weighted by Crippen LogP contribution is 2.32. The second-order valence-electron chi connectivity index (χ2n) is 7.23. The number of rotatable bonds is 4. The third kappa shape index (κ3) is 3.13. The molecule has 0 unspecified atom stereocenters. The zero-order chi connectivity index (χ0) is 19.2. The van der Waals surface area contributed by atoms with E-state index in [-0.39, 0.29) is 6.10 Å². The summed E-state index contributed by atoms with van der Waals surface area (Å²) in [7, 11) is -1.49. The zero-order valence-electron chi connectivity index (χ0n) is 15.8. The lowest BCUT2D eigenvalue weighted by molar-refractivity contribution is 0.242. The number of sulfonamides is 1. The number of fused-ring (bicyclic) bond motifs is 3. The molecule has 0 atom stereocenters. The second kappa shape index (κ2) is 6.69. The first-order valence-electron chi connectivity index (χ1n) is 9.20. The summed E-state index contributed by atoms with van der Waals surface area (Å²) in [5, 5.41) is 1.13. The normalized spacial score (nSPS) is 15.3. The van der Waals surface area contributed by atoms with E-state index >= 15 is 0 Å². The fraction of sp³-hybridized carbons (Fsp3) is 0.333. The summed E-state index contributed by atoms with van der Waals surface area (Å²) >= 11 is 0. The van der Waals surface area contributed by atoms with Crippen molar-refractivity contribution in [3.05, 3.63) is 59.8 Å². The Hall–Kier alpha value is -2.31. The lowest BCUT2D eigenvalue weighted by Crippen LogP contribution is -2.36. The Morgan fingerprint density at radius 1 is 1.04 bits per heavy atom. The molecule has 0 fully saturated rings. The molecule has 0 spiro atoms. The third-order valence-electron chi connectivity index (χ3n) is 5.11. The summed E-state index contributed by atoms with van der Waals surface area (Å²) in [6.07, 6.45) is 0.771. The monoisotopic (exact) mass is 384 g/mol. The molecule has 142 valence electrons. The molecule has 3 aromatic rings. The number of para-hydroxylation sites is 1. The fourth-order valence-corrected chi connectivity index (χ4v) is 5.23. The van der Waals surface area contributed by atoms with Gasteiger partial charge < -0.3 is 9.30 Å². The van der Waals surface area contributed by atoms with E-state index < -0.39 is 10.0 Å². The summed E-state index contributed by atoms with van der Waals surface area (Å²) in [6, 6.07) is 14.9. The van der Waals surface area contributed by atoms with Gasteiger partial charge in [-0.3, -0.25) is 0 Å². The topological polar surface area (TPSA) is 51.5 Å². The second-order valence-corrected chi connectivity index (χ2v) is 9.17. The van der Waals surface area contributed by atoms with Crippen molar-refractivity contribution in [2.75, 3.05) is 6.54 Å². The molecule has 5 nitrogen and oxygen atoms in total. The van der Waals surface area contributed by atoms with Crippen LogP contribution in [0.2, 0.25) is 0 Å². The van der Waals surface area contributed by atoms with Crippen LogP contribution < -0.4 is 4.74 Å². The van der Waals surface area contributed by atoms with Gasteiger partial charge in [0.05, 0.1) is 11.0 Å². The summed E-state index contributed by atoms with van der Waals surface area (Å²) in [5.74, 6) is 0.680. The van der Waals surface area contributed by atoms with Gasteiger partial charge in [-0.2, -0.15) is 4.31 Å². The molecule has 0 saturated carbocycles. The third-order valence-corrected chi connectivity index (χ3v) is 6.97. The van der Waals surface area contributed by atoms with Gasteiger partial charge in [0.2, 0.25) is 10.0 Å². The van der Waals surface area contributed by atoms with E-state index in [0.717, 1.165) is 16.5 Å². The molecule has 6 heteroatoms.